The molecule has 0 saturated carbocycles. The van der Waals surface area contributed by atoms with Gasteiger partial charge in [-0.25, -0.2) is 0 Å². The Labute approximate surface area is 330 Å². The molecule has 0 radical (unpaired) electrons. The van der Waals surface area contributed by atoms with Gasteiger partial charge in [0.25, 0.3) is 0 Å². The second kappa shape index (κ2) is 24.5. The number of rotatable bonds is 26. The van der Waals surface area contributed by atoms with Gasteiger partial charge < -0.3 is 70.1 Å². The molecule has 2 aliphatic heterocycles. The lowest BCUT2D eigenvalue weighted by Gasteiger charge is -2.42. The number of carbonyl (C=O) groups excluding carboxylic acids is 1. The molecule has 0 spiro atoms. The highest BCUT2D eigenvalue weighted by molar-refractivity contribution is 5.84. The van der Waals surface area contributed by atoms with Gasteiger partial charge in [-0.1, -0.05) is 84.0 Å². The topological polar surface area (TPSA) is 244 Å². The van der Waals surface area contributed by atoms with Crippen LogP contribution in [0, 0.1) is 0 Å². The van der Waals surface area contributed by atoms with Crippen LogP contribution in [0.15, 0.2) is 24.4 Å². The Hall–Kier alpha value is -2.41. The van der Waals surface area contributed by atoms with Crippen molar-refractivity contribution in [3.63, 3.8) is 0 Å². The van der Waals surface area contributed by atoms with Gasteiger partial charge in [0.2, 0.25) is 12.2 Å². The van der Waals surface area contributed by atoms with Crippen molar-refractivity contribution in [2.45, 2.75) is 184 Å². The van der Waals surface area contributed by atoms with Crippen molar-refractivity contribution in [2.75, 3.05) is 19.8 Å². The number of aliphatic hydroxyl groups excluding tert-OH is 8. The van der Waals surface area contributed by atoms with Crippen molar-refractivity contribution in [3.05, 3.63) is 30.0 Å². The second-order valence-electron chi connectivity index (χ2n) is 15.5. The molecule has 0 bridgehead atoms. The number of aromatic amines is 1. The molecule has 1 amide bonds. The van der Waals surface area contributed by atoms with E-state index in [9.17, 15) is 45.6 Å². The average molecular weight is 797 g/mol. The van der Waals surface area contributed by atoms with Crippen LogP contribution in [0.5, 0.6) is 5.75 Å². The Bertz CT molecular complexity index is 1390. The highest BCUT2D eigenvalue weighted by atomic mass is 16.7. The molecule has 15 heteroatoms. The third-order valence-electron chi connectivity index (χ3n) is 11.1. The van der Waals surface area contributed by atoms with Gasteiger partial charge in [0.05, 0.1) is 19.3 Å². The van der Waals surface area contributed by atoms with Crippen LogP contribution in [0.25, 0.3) is 10.9 Å². The number of carbonyl (C=O) groups is 1. The van der Waals surface area contributed by atoms with Gasteiger partial charge in [0, 0.05) is 30.1 Å². The summed E-state index contributed by atoms with van der Waals surface area (Å²) >= 11 is 0. The van der Waals surface area contributed by atoms with Crippen molar-refractivity contribution in [1.82, 2.24) is 10.3 Å². The van der Waals surface area contributed by atoms with E-state index in [1.807, 2.05) is 13.1 Å². The minimum Gasteiger partial charge on any atom is -0.462 e. The van der Waals surface area contributed by atoms with E-state index in [2.05, 4.69) is 10.3 Å². The SMILES string of the molecule is CCC(O)CCCCCCCCCCCCCCCC(=O)NCCc1c[nH]c2ccc(O[C@@H]3O[C@H](COC4O[C@H](CO)[C@@H](O)[C@@H](O)[C@H]4O)[C@@H](O)[C@@H](O)[C@@H]3O)cc12. The number of aromatic nitrogens is 1. The number of hydrogen-bond acceptors (Lipinski definition) is 13. The summed E-state index contributed by atoms with van der Waals surface area (Å²) in [6.07, 6.45) is 5.10. The predicted molar refractivity (Wildman–Crippen MR) is 208 cm³/mol. The van der Waals surface area contributed by atoms with Crippen molar-refractivity contribution >= 4 is 16.8 Å². The molecule has 10 N–H and O–H groups in total. The van der Waals surface area contributed by atoms with Crippen LogP contribution in [0.1, 0.15) is 115 Å². The summed E-state index contributed by atoms with van der Waals surface area (Å²) in [5.74, 6) is 0.347. The van der Waals surface area contributed by atoms with Gasteiger partial charge >= 0.3 is 0 Å². The molecular formula is C41H68N2O13. The largest absolute Gasteiger partial charge is 0.462 e. The third-order valence-corrected chi connectivity index (χ3v) is 11.1. The molecule has 2 aromatic rings. The number of hydrogen-bond donors (Lipinski definition) is 10. The molecule has 1 aromatic carbocycles. The minimum atomic E-state index is -1.68. The molecule has 1 aromatic heterocycles. The van der Waals surface area contributed by atoms with Crippen molar-refractivity contribution in [2.24, 2.45) is 0 Å². The first-order valence-electron chi connectivity index (χ1n) is 20.9. The van der Waals surface area contributed by atoms with E-state index in [-0.39, 0.29) is 12.0 Å². The van der Waals surface area contributed by atoms with Gasteiger partial charge in [-0.05, 0) is 49.4 Å². The quantitative estimate of drug-likeness (QED) is 0.0616. The van der Waals surface area contributed by atoms with E-state index in [0.717, 1.165) is 55.0 Å². The van der Waals surface area contributed by atoms with E-state index in [1.165, 1.54) is 57.8 Å². The fraction of sp³-hybridized carbons (Fsp3) is 0.780. The zero-order valence-corrected chi connectivity index (χ0v) is 32.9. The number of nitrogens with one attached hydrogen (secondary N) is 2. The van der Waals surface area contributed by atoms with Gasteiger partial charge in [0.15, 0.2) is 6.29 Å². The molecule has 2 saturated heterocycles. The van der Waals surface area contributed by atoms with E-state index >= 15 is 0 Å². The lowest BCUT2D eigenvalue weighted by Crippen LogP contribution is -2.62. The maximum Gasteiger partial charge on any atom is 0.229 e. The van der Waals surface area contributed by atoms with Crippen LogP contribution in [0.4, 0.5) is 0 Å². The number of ether oxygens (including phenoxy) is 4. The average Bonchev–Trinajstić information content (AvgIpc) is 3.60. The van der Waals surface area contributed by atoms with E-state index in [0.29, 0.717) is 25.1 Å². The zero-order chi connectivity index (χ0) is 40.5. The summed E-state index contributed by atoms with van der Waals surface area (Å²) < 4.78 is 22.5. The molecule has 11 atom stereocenters. The van der Waals surface area contributed by atoms with Gasteiger partial charge in [-0.3, -0.25) is 4.79 Å². The number of fused-ring (bicyclic) bond motifs is 1. The van der Waals surface area contributed by atoms with Crippen LogP contribution in [0.2, 0.25) is 0 Å². The molecule has 56 heavy (non-hydrogen) atoms. The van der Waals surface area contributed by atoms with Crippen LogP contribution in [-0.4, -0.2) is 139 Å². The molecular weight excluding hydrogens is 728 g/mol. The first-order valence-corrected chi connectivity index (χ1v) is 20.9. The Balaban J connectivity index is 1.11. The van der Waals surface area contributed by atoms with Crippen LogP contribution in [0.3, 0.4) is 0 Å². The summed E-state index contributed by atoms with van der Waals surface area (Å²) in [6.45, 7) is 1.38. The second-order valence-corrected chi connectivity index (χ2v) is 15.5. The molecule has 2 fully saturated rings. The fourth-order valence-corrected chi connectivity index (χ4v) is 7.36. The molecule has 320 valence electrons. The van der Waals surface area contributed by atoms with Crippen LogP contribution < -0.4 is 10.1 Å². The normalized spacial score (nSPS) is 28.7. The molecule has 15 nitrogen and oxygen atoms in total. The van der Waals surface area contributed by atoms with E-state index < -0.39 is 74.6 Å². The molecule has 3 heterocycles. The first kappa shape index (κ1) is 46.3. The Morgan fingerprint density at radius 2 is 1.34 bits per heavy atom. The maximum atomic E-state index is 12.5. The number of amides is 1. The number of H-pyrrole nitrogens is 1. The highest BCUT2D eigenvalue weighted by Gasteiger charge is 2.48. The van der Waals surface area contributed by atoms with Gasteiger partial charge in [0.1, 0.15) is 54.6 Å². The lowest BCUT2D eigenvalue weighted by molar-refractivity contribution is -0.323. The monoisotopic (exact) mass is 796 g/mol. The summed E-state index contributed by atoms with van der Waals surface area (Å²) in [5.41, 5.74) is 1.78. The zero-order valence-electron chi connectivity index (χ0n) is 32.9. The Kier molecular flexibility index (Phi) is 20.2. The van der Waals surface area contributed by atoms with E-state index in [4.69, 9.17) is 18.9 Å². The van der Waals surface area contributed by atoms with Crippen molar-refractivity contribution in [1.29, 1.82) is 0 Å². The van der Waals surface area contributed by atoms with Crippen LogP contribution in [-0.2, 0) is 25.4 Å². The third kappa shape index (κ3) is 14.2. The summed E-state index contributed by atoms with van der Waals surface area (Å²) in [7, 11) is 0. The van der Waals surface area contributed by atoms with Gasteiger partial charge in [-0.2, -0.15) is 0 Å². The van der Waals surface area contributed by atoms with E-state index in [1.54, 1.807) is 18.2 Å². The first-order chi connectivity index (χ1) is 27.0. The lowest BCUT2D eigenvalue weighted by atomic mass is 9.98. The number of benzene rings is 1. The van der Waals surface area contributed by atoms with Crippen molar-refractivity contribution in [3.8, 4) is 5.75 Å². The summed E-state index contributed by atoms with van der Waals surface area (Å²) in [4.78, 5) is 15.7. The standard InChI is InChI=1S/C41H68N2O13/c1-2-27(45)16-14-12-10-8-6-4-3-5-7-9-11-13-15-17-33(46)42-21-20-26-23-43-30-19-18-28(22-29(26)30)54-41-39(52)37(50)35(48)32(56-41)25-53-40-38(51)36(49)34(47)31(24-44)55-40/h18-19,22-23,27,31-32,34-41,43-45,47-52H,2-17,20-21,24-25H2,1H3,(H,42,46)/t27?,31-,32-,34-,35-,36-,37-,38-,39+,40?,41-/m1/s1. The smallest absolute Gasteiger partial charge is 0.229 e. The Morgan fingerprint density at radius 3 is 1.96 bits per heavy atom. The molecule has 2 aliphatic rings. The minimum absolute atomic E-state index is 0.0321. The van der Waals surface area contributed by atoms with Gasteiger partial charge in [-0.15, -0.1) is 0 Å². The predicted octanol–water partition coefficient (Wildman–Crippen LogP) is 2.45. The number of unbranched alkanes of at least 4 members (excludes halogenated alkanes) is 12. The van der Waals surface area contributed by atoms with Crippen LogP contribution >= 0.6 is 0 Å². The summed E-state index contributed by atoms with van der Waals surface area (Å²) in [6, 6.07) is 5.20. The molecule has 2 unspecified atom stereocenters. The van der Waals surface area contributed by atoms with Crippen molar-refractivity contribution < 1.29 is 64.6 Å². The summed E-state index contributed by atoms with van der Waals surface area (Å²) in [5, 5.41) is 85.0. The molecule has 4 rings (SSSR count). The maximum absolute atomic E-state index is 12.5. The number of aliphatic hydroxyl groups is 8. The highest BCUT2D eigenvalue weighted by Crippen LogP contribution is 2.30. The molecule has 0 aliphatic carbocycles. The Morgan fingerprint density at radius 1 is 0.768 bits per heavy atom. The fourth-order valence-electron chi connectivity index (χ4n) is 7.36.